The molecule has 0 aromatic heterocycles. The Morgan fingerprint density at radius 1 is 1.41 bits per heavy atom. The molecule has 4 heteroatoms. The molecule has 17 heavy (non-hydrogen) atoms. The minimum atomic E-state index is -0.120. The van der Waals surface area contributed by atoms with Crippen LogP contribution in [0.1, 0.15) is 34.1 Å². The number of nitrogens with zero attached hydrogens (tertiary/aromatic N) is 1. The molecule has 0 bridgehead atoms. The lowest BCUT2D eigenvalue weighted by Gasteiger charge is -2.25. The van der Waals surface area contributed by atoms with Gasteiger partial charge < -0.3 is 9.47 Å². The van der Waals surface area contributed by atoms with Gasteiger partial charge in [0.2, 0.25) is 0 Å². The average molecular weight is 243 g/mol. The fourth-order valence-corrected chi connectivity index (χ4v) is 2.23. The van der Waals surface area contributed by atoms with Gasteiger partial charge in [0, 0.05) is 13.1 Å². The molecule has 1 saturated heterocycles. The van der Waals surface area contributed by atoms with Crippen molar-refractivity contribution in [1.82, 2.24) is 4.90 Å². The molecular weight excluding hydrogens is 218 g/mol. The first kappa shape index (κ1) is 14.5. The maximum Gasteiger partial charge on any atom is 0.323 e. The topological polar surface area (TPSA) is 38.8 Å². The van der Waals surface area contributed by atoms with Crippen LogP contribution in [0.5, 0.6) is 0 Å². The van der Waals surface area contributed by atoms with Crippen molar-refractivity contribution >= 4 is 5.97 Å². The molecule has 0 radical (unpaired) electrons. The van der Waals surface area contributed by atoms with Crippen LogP contribution in [0.3, 0.4) is 0 Å². The smallest absolute Gasteiger partial charge is 0.323 e. The van der Waals surface area contributed by atoms with E-state index in [4.69, 9.17) is 9.47 Å². The molecule has 4 nitrogen and oxygen atoms in total. The highest BCUT2D eigenvalue weighted by molar-refractivity contribution is 5.76. The average Bonchev–Trinajstić information content (AvgIpc) is 2.57. The van der Waals surface area contributed by atoms with E-state index in [0.29, 0.717) is 12.5 Å². The number of rotatable bonds is 4. The molecule has 1 fully saturated rings. The van der Waals surface area contributed by atoms with Crippen LogP contribution >= 0.6 is 0 Å². The lowest BCUT2D eigenvalue weighted by atomic mass is 10.1. The zero-order chi connectivity index (χ0) is 13.1. The minimum Gasteiger partial charge on any atom is -0.468 e. The van der Waals surface area contributed by atoms with Crippen LogP contribution in [0, 0.1) is 5.92 Å². The van der Waals surface area contributed by atoms with Crippen LogP contribution < -0.4 is 0 Å². The summed E-state index contributed by atoms with van der Waals surface area (Å²) in [7, 11) is 1.45. The van der Waals surface area contributed by atoms with Crippen LogP contribution in [-0.2, 0) is 14.3 Å². The van der Waals surface area contributed by atoms with E-state index in [1.807, 2.05) is 20.8 Å². The molecule has 2 unspecified atom stereocenters. The van der Waals surface area contributed by atoms with Gasteiger partial charge in [-0.25, -0.2) is 0 Å². The zero-order valence-corrected chi connectivity index (χ0v) is 11.7. The molecule has 0 amide bonds. The van der Waals surface area contributed by atoms with Crippen LogP contribution in [0.15, 0.2) is 0 Å². The van der Waals surface area contributed by atoms with Crippen LogP contribution in [-0.4, -0.2) is 49.3 Å². The van der Waals surface area contributed by atoms with Gasteiger partial charge in [0.15, 0.2) is 0 Å². The van der Waals surface area contributed by atoms with Gasteiger partial charge in [0.1, 0.15) is 6.04 Å². The normalized spacial score (nSPS) is 26.2. The predicted octanol–water partition coefficient (Wildman–Crippen LogP) is 1.68. The van der Waals surface area contributed by atoms with E-state index in [1.54, 1.807) is 0 Å². The van der Waals surface area contributed by atoms with Gasteiger partial charge >= 0.3 is 5.97 Å². The number of hydrogen-bond donors (Lipinski definition) is 0. The molecule has 0 saturated carbocycles. The Bertz CT molecular complexity index is 260. The summed E-state index contributed by atoms with van der Waals surface area (Å²) < 4.78 is 10.5. The monoisotopic (exact) mass is 243 g/mol. The highest BCUT2D eigenvalue weighted by Crippen LogP contribution is 2.23. The summed E-state index contributed by atoms with van der Waals surface area (Å²) in [4.78, 5) is 13.8. The molecule has 1 rings (SSSR count). The van der Waals surface area contributed by atoms with Gasteiger partial charge in [0.05, 0.1) is 19.3 Å². The lowest BCUT2D eigenvalue weighted by molar-refractivity contribution is -0.146. The maximum atomic E-state index is 11.6. The Labute approximate surface area is 104 Å². The van der Waals surface area contributed by atoms with Crippen molar-refractivity contribution in [3.8, 4) is 0 Å². The fourth-order valence-electron chi connectivity index (χ4n) is 2.23. The number of ether oxygens (including phenoxy) is 2. The number of carbonyl (C=O) groups is 1. The Hall–Kier alpha value is -0.610. The van der Waals surface area contributed by atoms with E-state index in [0.717, 1.165) is 19.5 Å². The van der Waals surface area contributed by atoms with Crippen LogP contribution in [0.25, 0.3) is 0 Å². The Morgan fingerprint density at radius 2 is 2.06 bits per heavy atom. The number of esters is 1. The summed E-state index contributed by atoms with van der Waals surface area (Å²) in [5, 5.41) is 0. The summed E-state index contributed by atoms with van der Waals surface area (Å²) in [6, 6.07) is -0.0847. The number of hydrogen-bond acceptors (Lipinski definition) is 4. The van der Waals surface area contributed by atoms with E-state index in [1.165, 1.54) is 7.11 Å². The minimum absolute atomic E-state index is 0.0847. The van der Waals surface area contributed by atoms with Crippen molar-refractivity contribution in [3.63, 3.8) is 0 Å². The first-order valence-electron chi connectivity index (χ1n) is 6.29. The predicted molar refractivity (Wildman–Crippen MR) is 66.9 cm³/mol. The molecule has 0 N–H and O–H groups in total. The second kappa shape index (κ2) is 5.83. The van der Waals surface area contributed by atoms with Gasteiger partial charge in [-0.05, 0) is 33.1 Å². The molecular formula is C13H25NO3. The SMILES string of the molecule is COC(=O)C1CC(C)CN1CCOC(C)(C)C. The van der Waals surface area contributed by atoms with Gasteiger partial charge in [-0.3, -0.25) is 9.69 Å². The molecule has 0 aromatic carbocycles. The van der Waals surface area contributed by atoms with E-state index in [9.17, 15) is 4.79 Å². The van der Waals surface area contributed by atoms with Gasteiger partial charge in [-0.15, -0.1) is 0 Å². The van der Waals surface area contributed by atoms with Crippen LogP contribution in [0.2, 0.25) is 0 Å². The zero-order valence-electron chi connectivity index (χ0n) is 11.7. The Kier molecular flexibility index (Phi) is 4.95. The second-order valence-electron chi connectivity index (χ2n) is 5.84. The van der Waals surface area contributed by atoms with Gasteiger partial charge in [0.25, 0.3) is 0 Å². The molecule has 1 aliphatic heterocycles. The third kappa shape index (κ3) is 4.64. The summed E-state index contributed by atoms with van der Waals surface area (Å²) in [5.74, 6) is 0.429. The molecule has 2 atom stereocenters. The number of likely N-dealkylation sites (tertiary alicyclic amines) is 1. The summed E-state index contributed by atoms with van der Waals surface area (Å²) in [6.07, 6.45) is 0.891. The van der Waals surface area contributed by atoms with E-state index in [2.05, 4.69) is 11.8 Å². The molecule has 0 spiro atoms. The first-order valence-corrected chi connectivity index (χ1v) is 6.29. The van der Waals surface area contributed by atoms with Crippen molar-refractivity contribution in [2.45, 2.75) is 45.8 Å². The largest absolute Gasteiger partial charge is 0.468 e. The summed E-state index contributed by atoms with van der Waals surface area (Å²) >= 11 is 0. The molecule has 1 aliphatic rings. The second-order valence-corrected chi connectivity index (χ2v) is 5.84. The maximum absolute atomic E-state index is 11.6. The van der Waals surface area contributed by atoms with E-state index in [-0.39, 0.29) is 17.6 Å². The van der Waals surface area contributed by atoms with Crippen molar-refractivity contribution in [2.24, 2.45) is 5.92 Å². The third-order valence-electron chi connectivity index (χ3n) is 3.00. The van der Waals surface area contributed by atoms with Crippen molar-refractivity contribution < 1.29 is 14.3 Å². The fraction of sp³-hybridized carbons (Fsp3) is 0.923. The number of carbonyl (C=O) groups excluding carboxylic acids is 1. The standard InChI is InChI=1S/C13H25NO3/c1-10-8-11(12(15)16-5)14(9-10)6-7-17-13(2,3)4/h10-11H,6-9H2,1-5H3. The molecule has 0 aliphatic carbocycles. The Morgan fingerprint density at radius 3 is 2.59 bits per heavy atom. The van der Waals surface area contributed by atoms with Gasteiger partial charge in [-0.2, -0.15) is 0 Å². The third-order valence-corrected chi connectivity index (χ3v) is 3.00. The highest BCUT2D eigenvalue weighted by Gasteiger charge is 2.35. The van der Waals surface area contributed by atoms with Crippen molar-refractivity contribution in [2.75, 3.05) is 26.8 Å². The van der Waals surface area contributed by atoms with E-state index < -0.39 is 0 Å². The van der Waals surface area contributed by atoms with E-state index >= 15 is 0 Å². The number of methoxy groups -OCH3 is 1. The van der Waals surface area contributed by atoms with Crippen molar-refractivity contribution in [1.29, 1.82) is 0 Å². The Balaban J connectivity index is 2.42. The quantitative estimate of drug-likeness (QED) is 0.704. The van der Waals surface area contributed by atoms with Crippen molar-refractivity contribution in [3.05, 3.63) is 0 Å². The molecule has 1 heterocycles. The molecule has 100 valence electrons. The summed E-state index contributed by atoms with van der Waals surface area (Å²) in [6.45, 7) is 10.7. The summed E-state index contributed by atoms with van der Waals surface area (Å²) in [5.41, 5.74) is -0.119. The first-order chi connectivity index (χ1) is 7.83. The van der Waals surface area contributed by atoms with Crippen LogP contribution in [0.4, 0.5) is 0 Å². The van der Waals surface area contributed by atoms with Gasteiger partial charge in [-0.1, -0.05) is 6.92 Å². The lowest BCUT2D eigenvalue weighted by Crippen LogP contribution is -2.39. The molecule has 0 aromatic rings. The highest BCUT2D eigenvalue weighted by atomic mass is 16.5.